The van der Waals surface area contributed by atoms with Gasteiger partial charge >= 0.3 is 5.97 Å². The van der Waals surface area contributed by atoms with Crippen molar-refractivity contribution in [2.24, 2.45) is 0 Å². The van der Waals surface area contributed by atoms with Gasteiger partial charge in [-0.05, 0) is 49.1 Å². The summed E-state index contributed by atoms with van der Waals surface area (Å²) in [5.74, 6) is -1.03. The molecule has 2 aromatic rings. The minimum atomic E-state index is -0.498. The first-order valence-corrected chi connectivity index (χ1v) is 9.80. The van der Waals surface area contributed by atoms with Crippen molar-refractivity contribution in [2.75, 3.05) is 0 Å². The van der Waals surface area contributed by atoms with Crippen LogP contribution in [0.25, 0.3) is 0 Å². The van der Waals surface area contributed by atoms with Crippen LogP contribution in [0.3, 0.4) is 0 Å². The number of amides is 2. The Morgan fingerprint density at radius 2 is 1.71 bits per heavy atom. The zero-order valence-electron chi connectivity index (χ0n) is 15.9. The molecule has 0 aromatic heterocycles. The second-order valence-electron chi connectivity index (χ2n) is 7.54. The van der Waals surface area contributed by atoms with E-state index in [1.807, 2.05) is 31.2 Å². The van der Waals surface area contributed by atoms with Crippen LogP contribution in [0.15, 0.2) is 42.5 Å². The Morgan fingerprint density at radius 3 is 2.46 bits per heavy atom. The third-order valence-corrected chi connectivity index (χ3v) is 5.71. The molecule has 0 saturated heterocycles. The van der Waals surface area contributed by atoms with Gasteiger partial charge in [-0.3, -0.25) is 14.5 Å². The fourth-order valence-electron chi connectivity index (χ4n) is 4.06. The Hall–Kier alpha value is -2.95. The first kappa shape index (κ1) is 18.4. The van der Waals surface area contributed by atoms with Crippen LogP contribution >= 0.6 is 0 Å². The number of rotatable bonds is 4. The Morgan fingerprint density at radius 1 is 1.00 bits per heavy atom. The van der Waals surface area contributed by atoms with Gasteiger partial charge in [0, 0.05) is 6.04 Å². The summed E-state index contributed by atoms with van der Waals surface area (Å²) in [5, 5.41) is 0. The van der Waals surface area contributed by atoms with Crippen molar-refractivity contribution in [3.8, 4) is 0 Å². The van der Waals surface area contributed by atoms with Gasteiger partial charge in [-0.2, -0.15) is 0 Å². The normalized spacial score (nSPS) is 17.0. The number of benzene rings is 2. The number of aryl methyl sites for hydroxylation is 1. The highest BCUT2D eigenvalue weighted by Crippen LogP contribution is 2.31. The summed E-state index contributed by atoms with van der Waals surface area (Å²) in [5.41, 5.74) is 2.96. The minimum absolute atomic E-state index is 0.0300. The number of carbonyl (C=O) groups excluding carboxylic acids is 3. The number of esters is 1. The van der Waals surface area contributed by atoms with Crippen LogP contribution in [0.4, 0.5) is 0 Å². The van der Waals surface area contributed by atoms with Gasteiger partial charge in [-0.25, -0.2) is 4.79 Å². The van der Waals surface area contributed by atoms with Crippen molar-refractivity contribution >= 4 is 17.8 Å². The topological polar surface area (TPSA) is 63.7 Å². The minimum Gasteiger partial charge on any atom is -0.457 e. The van der Waals surface area contributed by atoms with Crippen LogP contribution in [0, 0.1) is 6.92 Å². The standard InChI is InChI=1S/C23H23NO4/c1-15-7-5-6-8-17(15)14-28-23(27)16-11-12-19-20(13-16)22(26)24(21(19)25)18-9-3-2-4-10-18/h5-8,11-13,18H,2-4,9-10,14H2,1H3. The van der Waals surface area contributed by atoms with Crippen molar-refractivity contribution in [3.63, 3.8) is 0 Å². The molecule has 1 heterocycles. The molecule has 5 heteroatoms. The molecule has 2 aliphatic rings. The van der Waals surface area contributed by atoms with Crippen LogP contribution in [0.2, 0.25) is 0 Å². The van der Waals surface area contributed by atoms with Crippen molar-refractivity contribution in [1.82, 2.24) is 4.90 Å². The summed E-state index contributed by atoms with van der Waals surface area (Å²) in [6.07, 6.45) is 4.94. The summed E-state index contributed by atoms with van der Waals surface area (Å²) in [6, 6.07) is 12.3. The van der Waals surface area contributed by atoms with Gasteiger partial charge < -0.3 is 4.74 Å². The van der Waals surface area contributed by atoms with Crippen LogP contribution in [-0.2, 0) is 11.3 Å². The molecule has 2 aromatic carbocycles. The molecule has 0 radical (unpaired) electrons. The summed E-state index contributed by atoms with van der Waals surface area (Å²) < 4.78 is 5.41. The molecule has 144 valence electrons. The predicted octanol–water partition coefficient (Wildman–Crippen LogP) is 4.28. The quantitative estimate of drug-likeness (QED) is 0.589. The Bertz CT molecular complexity index is 943. The lowest BCUT2D eigenvalue weighted by atomic mass is 9.94. The van der Waals surface area contributed by atoms with E-state index in [0.717, 1.165) is 43.2 Å². The smallest absolute Gasteiger partial charge is 0.338 e. The van der Waals surface area contributed by atoms with E-state index in [-0.39, 0.29) is 24.5 Å². The molecule has 2 amide bonds. The maximum Gasteiger partial charge on any atom is 0.338 e. The number of carbonyl (C=O) groups is 3. The Labute approximate surface area is 164 Å². The third-order valence-electron chi connectivity index (χ3n) is 5.71. The van der Waals surface area contributed by atoms with E-state index >= 15 is 0 Å². The van der Waals surface area contributed by atoms with Gasteiger partial charge in [0.25, 0.3) is 11.8 Å². The molecule has 1 aliphatic carbocycles. The van der Waals surface area contributed by atoms with Crippen molar-refractivity contribution in [1.29, 1.82) is 0 Å². The molecule has 28 heavy (non-hydrogen) atoms. The Balaban J connectivity index is 1.51. The SMILES string of the molecule is Cc1ccccc1COC(=O)c1ccc2c(c1)C(=O)N(C1CCCCC1)C2=O. The van der Waals surface area contributed by atoms with E-state index in [0.29, 0.717) is 16.7 Å². The second-order valence-corrected chi connectivity index (χ2v) is 7.54. The van der Waals surface area contributed by atoms with E-state index in [2.05, 4.69) is 0 Å². The first-order valence-electron chi connectivity index (χ1n) is 9.80. The monoisotopic (exact) mass is 377 g/mol. The van der Waals surface area contributed by atoms with Gasteiger partial charge in [0.15, 0.2) is 0 Å². The molecule has 1 saturated carbocycles. The van der Waals surface area contributed by atoms with Crippen molar-refractivity contribution in [2.45, 2.75) is 51.7 Å². The lowest BCUT2D eigenvalue weighted by Crippen LogP contribution is -2.40. The molecule has 1 aliphatic heterocycles. The van der Waals surface area contributed by atoms with E-state index in [4.69, 9.17) is 4.74 Å². The highest BCUT2D eigenvalue weighted by molar-refractivity contribution is 6.22. The maximum absolute atomic E-state index is 12.9. The average molecular weight is 377 g/mol. The average Bonchev–Trinajstić information content (AvgIpc) is 2.97. The van der Waals surface area contributed by atoms with Gasteiger partial charge in [0.2, 0.25) is 0 Å². The van der Waals surface area contributed by atoms with Crippen LogP contribution in [0.1, 0.15) is 74.3 Å². The van der Waals surface area contributed by atoms with Gasteiger partial charge in [-0.1, -0.05) is 43.5 Å². The van der Waals surface area contributed by atoms with Gasteiger partial charge in [0.05, 0.1) is 16.7 Å². The van der Waals surface area contributed by atoms with Gasteiger partial charge in [0.1, 0.15) is 6.61 Å². The van der Waals surface area contributed by atoms with Crippen LogP contribution < -0.4 is 0 Å². The number of imide groups is 1. The number of ether oxygens (including phenoxy) is 1. The lowest BCUT2D eigenvalue weighted by Gasteiger charge is -2.29. The molecule has 0 N–H and O–H groups in total. The highest BCUT2D eigenvalue weighted by atomic mass is 16.5. The van der Waals surface area contributed by atoms with Crippen molar-refractivity contribution in [3.05, 3.63) is 70.3 Å². The number of fused-ring (bicyclic) bond motifs is 1. The molecule has 1 fully saturated rings. The second kappa shape index (κ2) is 7.58. The predicted molar refractivity (Wildman–Crippen MR) is 104 cm³/mol. The summed E-state index contributed by atoms with van der Waals surface area (Å²) >= 11 is 0. The van der Waals surface area contributed by atoms with Crippen LogP contribution in [-0.4, -0.2) is 28.7 Å². The maximum atomic E-state index is 12.9. The lowest BCUT2D eigenvalue weighted by molar-refractivity contribution is 0.0471. The zero-order chi connectivity index (χ0) is 19.7. The first-order chi connectivity index (χ1) is 13.6. The number of hydrogen-bond donors (Lipinski definition) is 0. The number of hydrogen-bond acceptors (Lipinski definition) is 4. The zero-order valence-corrected chi connectivity index (χ0v) is 15.9. The number of nitrogens with zero attached hydrogens (tertiary/aromatic N) is 1. The molecule has 5 nitrogen and oxygen atoms in total. The largest absolute Gasteiger partial charge is 0.457 e. The highest BCUT2D eigenvalue weighted by Gasteiger charge is 2.40. The molecule has 0 spiro atoms. The van der Waals surface area contributed by atoms with E-state index in [1.54, 1.807) is 12.1 Å². The molecule has 0 unspecified atom stereocenters. The van der Waals surface area contributed by atoms with E-state index in [1.165, 1.54) is 11.0 Å². The Kier molecular flexibility index (Phi) is 4.99. The van der Waals surface area contributed by atoms with E-state index in [9.17, 15) is 14.4 Å². The van der Waals surface area contributed by atoms with Crippen molar-refractivity contribution < 1.29 is 19.1 Å². The summed E-state index contributed by atoms with van der Waals surface area (Å²) in [7, 11) is 0. The molecular weight excluding hydrogens is 354 g/mol. The summed E-state index contributed by atoms with van der Waals surface area (Å²) in [4.78, 5) is 39.4. The fraction of sp³-hybridized carbons (Fsp3) is 0.348. The molecule has 0 bridgehead atoms. The van der Waals surface area contributed by atoms with E-state index < -0.39 is 5.97 Å². The molecule has 0 atom stereocenters. The summed E-state index contributed by atoms with van der Waals surface area (Å²) in [6.45, 7) is 2.13. The molecule has 4 rings (SSSR count). The van der Waals surface area contributed by atoms with Gasteiger partial charge in [-0.15, -0.1) is 0 Å². The molecular formula is C23H23NO4. The third kappa shape index (κ3) is 3.33. The fourth-order valence-corrected chi connectivity index (χ4v) is 4.06. The van der Waals surface area contributed by atoms with Crippen LogP contribution in [0.5, 0.6) is 0 Å².